The summed E-state index contributed by atoms with van der Waals surface area (Å²) in [6, 6.07) is 14.5. The van der Waals surface area contributed by atoms with Gasteiger partial charge < -0.3 is 5.32 Å². The molecular weight excluding hydrogens is 448 g/mol. The molecule has 0 fully saturated rings. The number of nitrogens with one attached hydrogen (secondary N) is 1. The summed E-state index contributed by atoms with van der Waals surface area (Å²) in [5.41, 5.74) is 2.74. The number of amides is 1. The van der Waals surface area contributed by atoms with Gasteiger partial charge in [0.2, 0.25) is 10.0 Å². The number of carbonyl (C=O) groups excluding carboxylic acids is 1. The van der Waals surface area contributed by atoms with Crippen LogP contribution in [0.15, 0.2) is 53.4 Å². The van der Waals surface area contributed by atoms with Gasteiger partial charge in [-0.1, -0.05) is 61.8 Å². The lowest BCUT2D eigenvalue weighted by Gasteiger charge is -2.20. The number of benzene rings is 2. The number of carbonyl (C=O) groups is 1. The van der Waals surface area contributed by atoms with Gasteiger partial charge in [0.25, 0.3) is 5.91 Å². The molecule has 0 aliphatic rings. The number of hydrogen-bond donors (Lipinski definition) is 1. The van der Waals surface area contributed by atoms with Crippen LogP contribution < -0.4 is 5.32 Å². The quantitative estimate of drug-likeness (QED) is 0.521. The van der Waals surface area contributed by atoms with Crippen LogP contribution in [0.2, 0.25) is 5.15 Å². The maximum atomic E-state index is 13.0. The van der Waals surface area contributed by atoms with Gasteiger partial charge in [-0.05, 0) is 37.1 Å². The van der Waals surface area contributed by atoms with Crippen molar-refractivity contribution in [3.05, 3.63) is 76.1 Å². The van der Waals surface area contributed by atoms with Gasteiger partial charge in [-0.15, -0.1) is 0 Å². The summed E-state index contributed by atoms with van der Waals surface area (Å²) in [5.74, 6) is -0.443. The molecule has 170 valence electrons. The number of aryl methyl sites for hydroxylation is 2. The summed E-state index contributed by atoms with van der Waals surface area (Å²) in [6.45, 7) is 8.20. The van der Waals surface area contributed by atoms with E-state index in [1.165, 1.54) is 10.4 Å². The molecule has 2 aromatic carbocycles. The Morgan fingerprint density at radius 3 is 2.38 bits per heavy atom. The molecule has 32 heavy (non-hydrogen) atoms. The Morgan fingerprint density at radius 2 is 1.75 bits per heavy atom. The Balaban J connectivity index is 1.88. The standard InChI is InChI=1S/C23H27ClN4O3S/c1-5-27(6-2)32(30,31)20-14-19(13-12-16(20)3)25-23(29)21-17(4)26-28(22(21)24)15-18-10-8-7-9-11-18/h7-14H,5-6,15H2,1-4H3,(H,25,29). The van der Waals surface area contributed by atoms with Gasteiger partial charge in [0, 0.05) is 18.8 Å². The second kappa shape index (κ2) is 9.85. The van der Waals surface area contributed by atoms with Crippen molar-refractivity contribution in [2.45, 2.75) is 39.1 Å². The van der Waals surface area contributed by atoms with Gasteiger partial charge >= 0.3 is 0 Å². The van der Waals surface area contributed by atoms with Crippen LogP contribution in [-0.4, -0.2) is 41.5 Å². The summed E-state index contributed by atoms with van der Waals surface area (Å²) in [7, 11) is -3.66. The minimum Gasteiger partial charge on any atom is -0.322 e. The third-order valence-electron chi connectivity index (χ3n) is 5.24. The molecule has 1 heterocycles. The van der Waals surface area contributed by atoms with E-state index in [9.17, 15) is 13.2 Å². The molecule has 9 heteroatoms. The molecule has 0 bridgehead atoms. The summed E-state index contributed by atoms with van der Waals surface area (Å²) < 4.78 is 28.9. The lowest BCUT2D eigenvalue weighted by atomic mass is 10.2. The van der Waals surface area contributed by atoms with E-state index >= 15 is 0 Å². The third kappa shape index (κ3) is 4.87. The fourth-order valence-corrected chi connectivity index (χ4v) is 5.55. The van der Waals surface area contributed by atoms with Gasteiger partial charge in [0.1, 0.15) is 5.15 Å². The Bertz CT molecular complexity index is 1220. The highest BCUT2D eigenvalue weighted by Gasteiger charge is 2.25. The van der Waals surface area contributed by atoms with E-state index < -0.39 is 15.9 Å². The number of halogens is 1. The van der Waals surface area contributed by atoms with Crippen molar-refractivity contribution in [2.75, 3.05) is 18.4 Å². The Kier molecular flexibility index (Phi) is 7.38. The van der Waals surface area contributed by atoms with Crippen LogP contribution in [0.1, 0.15) is 41.0 Å². The summed E-state index contributed by atoms with van der Waals surface area (Å²) in [5, 5.41) is 7.41. The van der Waals surface area contributed by atoms with Gasteiger partial charge in [-0.3, -0.25) is 4.79 Å². The largest absolute Gasteiger partial charge is 0.322 e. The van der Waals surface area contributed by atoms with Crippen LogP contribution in [0.3, 0.4) is 0 Å². The highest BCUT2D eigenvalue weighted by Crippen LogP contribution is 2.26. The maximum Gasteiger partial charge on any atom is 0.260 e. The molecule has 0 atom stereocenters. The minimum absolute atomic E-state index is 0.168. The van der Waals surface area contributed by atoms with Gasteiger partial charge in [0.05, 0.1) is 22.7 Å². The molecule has 0 saturated heterocycles. The molecule has 0 saturated carbocycles. The van der Waals surface area contributed by atoms with Crippen LogP contribution in [0, 0.1) is 13.8 Å². The highest BCUT2D eigenvalue weighted by atomic mass is 35.5. The molecule has 3 aromatic rings. The number of hydrogen-bond acceptors (Lipinski definition) is 4. The molecule has 0 spiro atoms. The lowest BCUT2D eigenvalue weighted by molar-refractivity contribution is 0.102. The van der Waals surface area contributed by atoms with Crippen molar-refractivity contribution < 1.29 is 13.2 Å². The third-order valence-corrected chi connectivity index (χ3v) is 7.81. The first-order chi connectivity index (χ1) is 15.2. The van der Waals surface area contributed by atoms with E-state index in [2.05, 4.69) is 10.4 Å². The predicted molar refractivity (Wildman–Crippen MR) is 127 cm³/mol. The van der Waals surface area contributed by atoms with Crippen molar-refractivity contribution in [1.29, 1.82) is 0 Å². The first kappa shape index (κ1) is 24.0. The zero-order valence-corrected chi connectivity index (χ0v) is 20.2. The number of rotatable bonds is 8. The van der Waals surface area contributed by atoms with Gasteiger partial charge in [-0.25, -0.2) is 13.1 Å². The number of anilines is 1. The molecule has 0 aliphatic carbocycles. The van der Waals surface area contributed by atoms with Crippen LogP contribution in [0.4, 0.5) is 5.69 Å². The Morgan fingerprint density at radius 1 is 1.09 bits per heavy atom. The van der Waals surface area contributed by atoms with E-state index in [1.807, 2.05) is 30.3 Å². The monoisotopic (exact) mass is 474 g/mol. The van der Waals surface area contributed by atoms with Gasteiger partial charge in [0.15, 0.2) is 0 Å². The average Bonchev–Trinajstić information content (AvgIpc) is 3.03. The molecule has 0 aliphatic heterocycles. The van der Waals surface area contributed by atoms with Gasteiger partial charge in [-0.2, -0.15) is 9.40 Å². The van der Waals surface area contributed by atoms with Crippen molar-refractivity contribution >= 4 is 33.2 Å². The number of aromatic nitrogens is 2. The molecule has 1 N–H and O–H groups in total. The molecule has 0 radical (unpaired) electrons. The maximum absolute atomic E-state index is 13.0. The molecular formula is C23H27ClN4O3S. The average molecular weight is 475 g/mol. The molecule has 1 amide bonds. The summed E-state index contributed by atoms with van der Waals surface area (Å²) in [4.78, 5) is 13.2. The second-order valence-corrected chi connectivity index (χ2v) is 9.68. The second-order valence-electron chi connectivity index (χ2n) is 7.42. The number of nitrogens with zero attached hydrogens (tertiary/aromatic N) is 3. The van der Waals surface area contributed by atoms with E-state index in [0.717, 1.165) is 5.56 Å². The van der Waals surface area contributed by atoms with Crippen LogP contribution >= 0.6 is 11.6 Å². The zero-order valence-electron chi connectivity index (χ0n) is 18.6. The number of sulfonamides is 1. The first-order valence-corrected chi connectivity index (χ1v) is 12.2. The van der Waals surface area contributed by atoms with E-state index in [-0.39, 0.29) is 15.6 Å². The van der Waals surface area contributed by atoms with Crippen LogP contribution in [-0.2, 0) is 16.6 Å². The fraction of sp³-hybridized carbons (Fsp3) is 0.304. The normalized spacial score (nSPS) is 11.7. The van der Waals surface area contributed by atoms with Crippen LogP contribution in [0.25, 0.3) is 0 Å². The molecule has 0 unspecified atom stereocenters. The Hall–Kier alpha value is -2.68. The fourth-order valence-electron chi connectivity index (χ4n) is 3.52. The van der Waals surface area contributed by atoms with Crippen molar-refractivity contribution in [2.24, 2.45) is 0 Å². The lowest BCUT2D eigenvalue weighted by Crippen LogP contribution is -2.31. The van der Waals surface area contributed by atoms with E-state index in [4.69, 9.17) is 11.6 Å². The molecule has 1 aromatic heterocycles. The Labute approximate surface area is 194 Å². The summed E-state index contributed by atoms with van der Waals surface area (Å²) in [6.07, 6.45) is 0. The predicted octanol–water partition coefficient (Wildman–Crippen LogP) is 4.48. The van der Waals surface area contributed by atoms with Crippen molar-refractivity contribution in [3.63, 3.8) is 0 Å². The molecule has 3 rings (SSSR count). The first-order valence-electron chi connectivity index (χ1n) is 10.4. The van der Waals surface area contributed by atoms with Crippen molar-refractivity contribution in [1.82, 2.24) is 14.1 Å². The zero-order chi connectivity index (χ0) is 23.5. The topological polar surface area (TPSA) is 84.3 Å². The van der Waals surface area contributed by atoms with E-state index in [1.54, 1.807) is 44.5 Å². The highest BCUT2D eigenvalue weighted by molar-refractivity contribution is 7.89. The SMILES string of the molecule is CCN(CC)S(=O)(=O)c1cc(NC(=O)c2c(C)nn(Cc3ccccc3)c2Cl)ccc1C. The van der Waals surface area contributed by atoms with E-state index in [0.29, 0.717) is 36.6 Å². The minimum atomic E-state index is -3.66. The van der Waals surface area contributed by atoms with Crippen molar-refractivity contribution in [3.8, 4) is 0 Å². The smallest absolute Gasteiger partial charge is 0.260 e. The summed E-state index contributed by atoms with van der Waals surface area (Å²) >= 11 is 6.49. The molecule has 7 nitrogen and oxygen atoms in total. The van der Waals surface area contributed by atoms with Crippen LogP contribution in [0.5, 0.6) is 0 Å².